The van der Waals surface area contributed by atoms with E-state index in [1.807, 2.05) is 31.2 Å². The van der Waals surface area contributed by atoms with Crippen molar-refractivity contribution in [3.05, 3.63) is 63.7 Å². The molecule has 0 amide bonds. The lowest BCUT2D eigenvalue weighted by molar-refractivity contribution is -0.385. The number of hydrogen-bond donors (Lipinski definition) is 2. The molecule has 0 aliphatic carbocycles. The highest BCUT2D eigenvalue weighted by Gasteiger charge is 2.12. The average molecular weight is 358 g/mol. The third-order valence-electron chi connectivity index (χ3n) is 3.42. The summed E-state index contributed by atoms with van der Waals surface area (Å²) in [6.45, 7) is 1.87. The number of rotatable bonds is 6. The van der Waals surface area contributed by atoms with Crippen LogP contribution in [0.4, 0.5) is 11.4 Å². The second-order valence-electron chi connectivity index (χ2n) is 5.02. The molecule has 0 fully saturated rings. The predicted octanol–water partition coefficient (Wildman–Crippen LogP) is 3.49. The molecule has 0 heterocycles. The number of methoxy groups -OCH3 is 1. The maximum atomic E-state index is 11.1. The maximum Gasteiger partial charge on any atom is 0.273 e. The second kappa shape index (κ2) is 8.74. The van der Waals surface area contributed by atoms with Gasteiger partial charge >= 0.3 is 0 Å². The topological polar surface area (TPSA) is 88.8 Å². The van der Waals surface area contributed by atoms with Gasteiger partial charge in [-0.3, -0.25) is 15.5 Å². The number of hydrogen-bond acceptors (Lipinski definition) is 5. The van der Waals surface area contributed by atoms with E-state index in [-0.39, 0.29) is 10.8 Å². The first kappa shape index (κ1) is 18.3. The smallest absolute Gasteiger partial charge is 0.273 e. The first-order valence-corrected chi connectivity index (χ1v) is 7.96. The number of nitro benzene ring substituents is 1. The van der Waals surface area contributed by atoms with Gasteiger partial charge in [0.25, 0.3) is 5.69 Å². The number of benzene rings is 2. The van der Waals surface area contributed by atoms with Crippen molar-refractivity contribution in [3.63, 3.8) is 0 Å². The lowest BCUT2D eigenvalue weighted by atomic mass is 10.1. The molecule has 0 bridgehead atoms. The van der Waals surface area contributed by atoms with Gasteiger partial charge in [0.1, 0.15) is 5.75 Å². The fourth-order valence-electron chi connectivity index (χ4n) is 2.19. The van der Waals surface area contributed by atoms with Gasteiger partial charge in [0.05, 0.1) is 23.9 Å². The van der Waals surface area contributed by atoms with Crippen LogP contribution in [-0.2, 0) is 6.42 Å². The number of aryl methyl sites for hydroxylation is 1. The molecular formula is C17H18N4O3S. The summed E-state index contributed by atoms with van der Waals surface area (Å²) in [5.74, 6) is 0.654. The fourth-order valence-corrected chi connectivity index (χ4v) is 2.36. The lowest BCUT2D eigenvalue weighted by Gasteiger charge is -2.10. The zero-order valence-corrected chi connectivity index (χ0v) is 14.7. The number of hydrazone groups is 1. The zero-order chi connectivity index (χ0) is 18.2. The van der Waals surface area contributed by atoms with Crippen LogP contribution in [0.15, 0.2) is 47.6 Å². The number of nitrogens with zero attached hydrogens (tertiary/aromatic N) is 2. The van der Waals surface area contributed by atoms with Gasteiger partial charge in [-0.15, -0.1) is 0 Å². The highest BCUT2D eigenvalue weighted by molar-refractivity contribution is 7.80. The van der Waals surface area contributed by atoms with Gasteiger partial charge < -0.3 is 10.1 Å². The Morgan fingerprint density at radius 1 is 1.36 bits per heavy atom. The monoisotopic (exact) mass is 358 g/mol. The van der Waals surface area contributed by atoms with Crippen molar-refractivity contribution in [1.82, 2.24) is 5.43 Å². The van der Waals surface area contributed by atoms with Crippen molar-refractivity contribution in [2.75, 3.05) is 12.4 Å². The number of anilines is 1. The van der Waals surface area contributed by atoms with Crippen LogP contribution in [0.1, 0.15) is 18.1 Å². The van der Waals surface area contributed by atoms with Gasteiger partial charge in [-0.25, -0.2) is 0 Å². The molecule has 2 rings (SSSR count). The van der Waals surface area contributed by atoms with Crippen molar-refractivity contribution in [3.8, 4) is 5.75 Å². The van der Waals surface area contributed by atoms with E-state index in [1.165, 1.54) is 12.3 Å². The SMILES string of the molecule is CCc1ccc(/C=N\NC(=S)Nc2ccccc2OC)cc1[N+](=O)[O-]. The van der Waals surface area contributed by atoms with Gasteiger partial charge in [0.2, 0.25) is 0 Å². The number of para-hydroxylation sites is 2. The Kier molecular flexibility index (Phi) is 6.41. The molecule has 0 unspecified atom stereocenters. The van der Waals surface area contributed by atoms with Crippen LogP contribution in [0, 0.1) is 10.1 Å². The molecule has 0 atom stereocenters. The van der Waals surface area contributed by atoms with Crippen LogP contribution in [0.5, 0.6) is 5.75 Å². The largest absolute Gasteiger partial charge is 0.495 e. The third-order valence-corrected chi connectivity index (χ3v) is 3.62. The van der Waals surface area contributed by atoms with Crippen LogP contribution in [0.25, 0.3) is 0 Å². The molecule has 0 saturated carbocycles. The molecule has 0 aliphatic rings. The Bertz CT molecular complexity index is 808. The van der Waals surface area contributed by atoms with E-state index < -0.39 is 4.92 Å². The van der Waals surface area contributed by atoms with Crippen LogP contribution in [-0.4, -0.2) is 23.4 Å². The minimum Gasteiger partial charge on any atom is -0.495 e. The fraction of sp³-hybridized carbons (Fsp3) is 0.176. The van der Waals surface area contributed by atoms with Crippen molar-refractivity contribution >= 4 is 34.9 Å². The Morgan fingerprint density at radius 3 is 2.80 bits per heavy atom. The van der Waals surface area contributed by atoms with Gasteiger partial charge in [0, 0.05) is 17.2 Å². The van der Waals surface area contributed by atoms with Gasteiger partial charge in [0.15, 0.2) is 5.11 Å². The Morgan fingerprint density at radius 2 is 2.12 bits per heavy atom. The number of nitro groups is 1. The highest BCUT2D eigenvalue weighted by atomic mass is 32.1. The van der Waals surface area contributed by atoms with Crippen LogP contribution in [0.2, 0.25) is 0 Å². The summed E-state index contributed by atoms with van der Waals surface area (Å²) in [6.07, 6.45) is 2.07. The second-order valence-corrected chi connectivity index (χ2v) is 5.43. The summed E-state index contributed by atoms with van der Waals surface area (Å²) in [7, 11) is 1.57. The molecule has 7 nitrogen and oxygen atoms in total. The molecule has 2 aromatic carbocycles. The molecule has 0 radical (unpaired) electrons. The number of nitrogens with one attached hydrogen (secondary N) is 2. The predicted molar refractivity (Wildman–Crippen MR) is 102 cm³/mol. The van der Waals surface area contributed by atoms with Crippen molar-refractivity contribution in [1.29, 1.82) is 0 Å². The van der Waals surface area contributed by atoms with Gasteiger partial charge in [-0.2, -0.15) is 5.10 Å². The quantitative estimate of drug-likeness (QED) is 0.356. The molecule has 2 N–H and O–H groups in total. The maximum absolute atomic E-state index is 11.1. The molecule has 8 heteroatoms. The summed E-state index contributed by atoms with van der Waals surface area (Å²) in [6, 6.07) is 12.3. The summed E-state index contributed by atoms with van der Waals surface area (Å²) in [5, 5.41) is 18.3. The summed E-state index contributed by atoms with van der Waals surface area (Å²) in [4.78, 5) is 10.7. The molecule has 0 saturated heterocycles. The van der Waals surface area contributed by atoms with E-state index >= 15 is 0 Å². The van der Waals surface area contributed by atoms with Crippen molar-refractivity contribution in [2.45, 2.75) is 13.3 Å². The molecule has 25 heavy (non-hydrogen) atoms. The van der Waals surface area contributed by atoms with Crippen molar-refractivity contribution < 1.29 is 9.66 Å². The zero-order valence-electron chi connectivity index (χ0n) is 13.9. The lowest BCUT2D eigenvalue weighted by Crippen LogP contribution is -2.24. The van der Waals surface area contributed by atoms with E-state index in [0.717, 1.165) is 0 Å². The molecular weight excluding hydrogens is 340 g/mol. The van der Waals surface area contributed by atoms with E-state index in [4.69, 9.17) is 17.0 Å². The first-order valence-electron chi connectivity index (χ1n) is 7.55. The number of thiocarbonyl (C=S) groups is 1. The van der Waals surface area contributed by atoms with Crippen LogP contribution in [0.3, 0.4) is 0 Å². The molecule has 2 aromatic rings. The van der Waals surface area contributed by atoms with Crippen LogP contribution >= 0.6 is 12.2 Å². The Hall–Kier alpha value is -3.00. The van der Waals surface area contributed by atoms with Gasteiger partial charge in [-0.1, -0.05) is 31.2 Å². The summed E-state index contributed by atoms with van der Waals surface area (Å²) >= 11 is 5.17. The molecule has 0 spiro atoms. The van der Waals surface area contributed by atoms with Crippen molar-refractivity contribution in [2.24, 2.45) is 5.10 Å². The van der Waals surface area contributed by atoms with E-state index in [2.05, 4.69) is 15.8 Å². The molecule has 0 aromatic heterocycles. The van der Waals surface area contributed by atoms with E-state index in [0.29, 0.717) is 29.0 Å². The average Bonchev–Trinajstić information content (AvgIpc) is 2.62. The standard InChI is InChI=1S/C17H18N4O3S/c1-3-13-9-8-12(10-15(13)21(22)23)11-18-20-17(25)19-14-6-4-5-7-16(14)24-2/h4-11H,3H2,1-2H3,(H2,19,20,25)/b18-11-. The number of ether oxygens (including phenoxy) is 1. The van der Waals surface area contributed by atoms with E-state index in [9.17, 15) is 10.1 Å². The minimum absolute atomic E-state index is 0.0844. The molecule has 130 valence electrons. The van der Waals surface area contributed by atoms with Crippen LogP contribution < -0.4 is 15.5 Å². The minimum atomic E-state index is -0.391. The molecule has 0 aliphatic heterocycles. The first-order chi connectivity index (χ1) is 12.0. The van der Waals surface area contributed by atoms with Gasteiger partial charge in [-0.05, 0) is 30.8 Å². The highest BCUT2D eigenvalue weighted by Crippen LogP contribution is 2.23. The summed E-state index contributed by atoms with van der Waals surface area (Å²) < 4.78 is 5.23. The Labute approximate surface area is 150 Å². The normalized spacial score (nSPS) is 10.5. The third kappa shape index (κ3) is 4.98. The van der Waals surface area contributed by atoms with E-state index in [1.54, 1.807) is 19.2 Å². The Balaban J connectivity index is 2.02. The summed E-state index contributed by atoms with van der Waals surface area (Å²) in [5.41, 5.74) is 4.76.